The van der Waals surface area contributed by atoms with Crippen molar-refractivity contribution in [1.29, 1.82) is 0 Å². The molecule has 11 heteroatoms. The zero-order chi connectivity index (χ0) is 23.6. The van der Waals surface area contributed by atoms with E-state index in [1.807, 2.05) is 6.92 Å². The molecule has 1 amide bonds. The van der Waals surface area contributed by atoms with Gasteiger partial charge in [-0.05, 0) is 31.2 Å². The second-order valence-corrected chi connectivity index (χ2v) is 9.42. The van der Waals surface area contributed by atoms with Crippen molar-refractivity contribution in [2.45, 2.75) is 18.4 Å². The molecule has 33 heavy (non-hydrogen) atoms. The highest BCUT2D eigenvalue weighted by Crippen LogP contribution is 2.24. The zero-order valence-electron chi connectivity index (χ0n) is 18.0. The highest BCUT2D eigenvalue weighted by Gasteiger charge is 2.29. The van der Waals surface area contributed by atoms with Crippen LogP contribution in [0.1, 0.15) is 17.3 Å². The number of oxazole rings is 1. The van der Waals surface area contributed by atoms with Crippen molar-refractivity contribution < 1.29 is 27.2 Å². The van der Waals surface area contributed by atoms with Gasteiger partial charge in [0, 0.05) is 32.2 Å². The third-order valence-corrected chi connectivity index (χ3v) is 7.38. The van der Waals surface area contributed by atoms with Crippen molar-refractivity contribution in [3.05, 3.63) is 58.6 Å². The van der Waals surface area contributed by atoms with E-state index < -0.39 is 15.8 Å². The Balaban J connectivity index is 1.62. The molecule has 1 aromatic heterocycles. The number of nitrogens with zero attached hydrogens (tertiary/aromatic N) is 3. The molecule has 1 saturated heterocycles. The fourth-order valence-corrected chi connectivity index (χ4v) is 5.20. The summed E-state index contributed by atoms with van der Waals surface area (Å²) in [5, 5.41) is 0. The van der Waals surface area contributed by atoms with E-state index in [0.717, 1.165) is 0 Å². The second kappa shape index (κ2) is 9.20. The molecule has 2 heterocycles. The molecule has 0 atom stereocenters. The van der Waals surface area contributed by atoms with Crippen LogP contribution in [0.15, 0.2) is 56.6 Å². The van der Waals surface area contributed by atoms with Crippen LogP contribution in [0.3, 0.4) is 0 Å². The van der Waals surface area contributed by atoms with Gasteiger partial charge in [0.15, 0.2) is 11.4 Å². The van der Waals surface area contributed by atoms with Crippen LogP contribution in [0.2, 0.25) is 0 Å². The van der Waals surface area contributed by atoms with E-state index in [9.17, 15) is 22.8 Å². The van der Waals surface area contributed by atoms with Crippen molar-refractivity contribution in [3.63, 3.8) is 0 Å². The molecule has 174 valence electrons. The summed E-state index contributed by atoms with van der Waals surface area (Å²) < 4.78 is 39.2. The Labute approximate surface area is 190 Å². The molecule has 0 saturated carbocycles. The molecule has 1 aliphatic rings. The van der Waals surface area contributed by atoms with Crippen LogP contribution in [0, 0.1) is 0 Å². The van der Waals surface area contributed by atoms with Crippen LogP contribution >= 0.6 is 0 Å². The topological polar surface area (TPSA) is 119 Å². The first-order chi connectivity index (χ1) is 15.8. The van der Waals surface area contributed by atoms with Crippen LogP contribution in [0.25, 0.3) is 11.1 Å². The van der Waals surface area contributed by atoms with E-state index in [-0.39, 0.29) is 35.9 Å². The maximum Gasteiger partial charge on any atom is 0.420 e. The zero-order valence-corrected chi connectivity index (χ0v) is 18.8. The molecule has 0 bridgehead atoms. The molecule has 4 rings (SSSR count). The predicted octanol–water partition coefficient (Wildman–Crippen LogP) is 1.34. The van der Waals surface area contributed by atoms with Gasteiger partial charge in [-0.2, -0.15) is 4.31 Å². The van der Waals surface area contributed by atoms with Crippen LogP contribution < -0.4 is 10.5 Å². The molecule has 1 fully saturated rings. The van der Waals surface area contributed by atoms with Crippen molar-refractivity contribution in [3.8, 4) is 5.75 Å². The van der Waals surface area contributed by atoms with Crippen LogP contribution in [-0.4, -0.2) is 67.2 Å². The number of fused-ring (bicyclic) bond motifs is 1. The van der Waals surface area contributed by atoms with Gasteiger partial charge in [-0.25, -0.2) is 13.2 Å². The first kappa shape index (κ1) is 22.7. The monoisotopic (exact) mass is 473 g/mol. The Bertz CT molecular complexity index is 1350. The fraction of sp³-hybridized carbons (Fsp3) is 0.318. The summed E-state index contributed by atoms with van der Waals surface area (Å²) in [6, 6.07) is 10.9. The number of para-hydroxylation sites is 1. The smallest absolute Gasteiger partial charge is 0.420 e. The summed E-state index contributed by atoms with van der Waals surface area (Å²) in [4.78, 5) is 37.7. The van der Waals surface area contributed by atoms with Crippen LogP contribution in [-0.2, 0) is 21.4 Å². The number of ether oxygens (including phenoxy) is 1. The number of Topliss-reactive ketones (excluding diaryl/α,β-unsaturated/α-hetero) is 1. The predicted molar refractivity (Wildman–Crippen MR) is 119 cm³/mol. The quantitative estimate of drug-likeness (QED) is 0.358. The van der Waals surface area contributed by atoms with Gasteiger partial charge in [-0.15, -0.1) is 0 Å². The Kier molecular flexibility index (Phi) is 6.34. The van der Waals surface area contributed by atoms with Crippen LogP contribution in [0.5, 0.6) is 5.75 Å². The van der Waals surface area contributed by atoms with E-state index in [1.54, 1.807) is 24.3 Å². The molecule has 10 nitrogen and oxygen atoms in total. The number of ketones is 1. The summed E-state index contributed by atoms with van der Waals surface area (Å²) >= 11 is 0. The Morgan fingerprint density at radius 3 is 2.55 bits per heavy atom. The lowest BCUT2D eigenvalue weighted by Gasteiger charge is -2.31. The highest BCUT2D eigenvalue weighted by molar-refractivity contribution is 7.89. The number of hydrogen-bond acceptors (Lipinski definition) is 7. The third kappa shape index (κ3) is 4.41. The molecule has 2 aromatic carbocycles. The Morgan fingerprint density at radius 2 is 1.85 bits per heavy atom. The number of benzene rings is 2. The summed E-state index contributed by atoms with van der Waals surface area (Å²) in [6.07, 6.45) is 0.696. The fourth-order valence-electron chi connectivity index (χ4n) is 3.76. The number of aromatic nitrogens is 1. The van der Waals surface area contributed by atoms with Gasteiger partial charge in [-0.1, -0.05) is 12.1 Å². The molecular weight excluding hydrogens is 450 g/mol. The van der Waals surface area contributed by atoms with Crippen molar-refractivity contribution >= 4 is 33.3 Å². The van der Waals surface area contributed by atoms with Gasteiger partial charge in [0.05, 0.1) is 29.1 Å². The Hall–Kier alpha value is -3.44. The van der Waals surface area contributed by atoms with Gasteiger partial charge in [-0.3, -0.25) is 14.2 Å². The SMILES string of the molecule is CCOc1ccccc1C(=O)Cn1c(=O)oc2cc(S(=O)(=O)N3CCN(C=O)CC3)ccc21. The summed E-state index contributed by atoms with van der Waals surface area (Å²) in [5.74, 6) is -0.677. The molecule has 0 radical (unpaired) electrons. The number of rotatable bonds is 8. The summed E-state index contributed by atoms with van der Waals surface area (Å²) in [6.45, 7) is 2.89. The lowest BCUT2D eigenvalue weighted by Crippen LogP contribution is -2.47. The lowest BCUT2D eigenvalue weighted by molar-refractivity contribution is -0.119. The highest BCUT2D eigenvalue weighted by atomic mass is 32.2. The van der Waals surface area contributed by atoms with E-state index in [4.69, 9.17) is 9.15 Å². The second-order valence-electron chi connectivity index (χ2n) is 7.48. The molecular formula is C22H23N3O7S. The maximum absolute atomic E-state index is 13.0. The normalized spacial score (nSPS) is 15.0. The molecule has 0 unspecified atom stereocenters. The first-order valence-corrected chi connectivity index (χ1v) is 11.9. The average Bonchev–Trinajstić information content (AvgIpc) is 3.13. The van der Waals surface area contributed by atoms with E-state index >= 15 is 0 Å². The number of sulfonamides is 1. The summed E-state index contributed by atoms with van der Waals surface area (Å²) in [5.41, 5.74) is 0.722. The molecule has 0 aliphatic carbocycles. The van der Waals surface area contributed by atoms with Crippen molar-refractivity contribution in [2.24, 2.45) is 0 Å². The van der Waals surface area contributed by atoms with Gasteiger partial charge in [0.2, 0.25) is 16.4 Å². The van der Waals surface area contributed by atoms with Gasteiger partial charge in [0.25, 0.3) is 0 Å². The van der Waals surface area contributed by atoms with Gasteiger partial charge < -0.3 is 14.1 Å². The Morgan fingerprint density at radius 1 is 1.12 bits per heavy atom. The number of carbonyl (C=O) groups excluding carboxylic acids is 2. The number of carbonyl (C=O) groups is 2. The van der Waals surface area contributed by atoms with E-state index in [1.165, 1.54) is 32.0 Å². The largest absolute Gasteiger partial charge is 0.493 e. The van der Waals surface area contributed by atoms with E-state index in [0.29, 0.717) is 42.9 Å². The number of hydrogen-bond donors (Lipinski definition) is 0. The molecule has 0 spiro atoms. The number of piperazine rings is 1. The van der Waals surface area contributed by atoms with Crippen molar-refractivity contribution in [1.82, 2.24) is 13.8 Å². The molecule has 0 N–H and O–H groups in total. The molecule has 3 aromatic rings. The standard InChI is InChI=1S/C22H23N3O7S/c1-2-31-20-6-4-3-5-17(20)19(27)14-25-18-8-7-16(13-21(18)32-22(25)28)33(29,30)24-11-9-23(15-26)10-12-24/h3-8,13,15H,2,9-12,14H2,1H3. The average molecular weight is 474 g/mol. The van der Waals surface area contributed by atoms with Crippen LogP contribution in [0.4, 0.5) is 0 Å². The first-order valence-electron chi connectivity index (χ1n) is 10.4. The van der Waals surface area contributed by atoms with Gasteiger partial charge >= 0.3 is 5.76 Å². The summed E-state index contributed by atoms with van der Waals surface area (Å²) in [7, 11) is -3.83. The number of amides is 1. The van der Waals surface area contributed by atoms with Crippen molar-refractivity contribution in [2.75, 3.05) is 32.8 Å². The van der Waals surface area contributed by atoms with Gasteiger partial charge in [0.1, 0.15) is 5.75 Å². The van der Waals surface area contributed by atoms with E-state index in [2.05, 4.69) is 0 Å². The molecule has 1 aliphatic heterocycles. The third-order valence-electron chi connectivity index (χ3n) is 5.49. The minimum Gasteiger partial charge on any atom is -0.493 e. The maximum atomic E-state index is 13.0. The minimum absolute atomic E-state index is 0.0246. The lowest BCUT2D eigenvalue weighted by atomic mass is 10.1. The minimum atomic E-state index is -3.83.